The van der Waals surface area contributed by atoms with E-state index in [9.17, 15) is 9.59 Å². The zero-order valence-corrected chi connectivity index (χ0v) is 12.7. The van der Waals surface area contributed by atoms with E-state index in [4.69, 9.17) is 4.74 Å². The molecular formula is C16H19N3O3. The third-order valence-electron chi connectivity index (χ3n) is 2.99. The third-order valence-corrected chi connectivity index (χ3v) is 2.99. The van der Waals surface area contributed by atoms with Gasteiger partial charge in [-0.2, -0.15) is 0 Å². The number of ether oxygens (including phenoxy) is 1. The first-order chi connectivity index (χ1) is 10.5. The Kier molecular flexibility index (Phi) is 4.93. The van der Waals surface area contributed by atoms with Crippen LogP contribution in [0.1, 0.15) is 19.7 Å². The zero-order chi connectivity index (χ0) is 16.1. The Morgan fingerprint density at radius 1 is 1.41 bits per heavy atom. The molecule has 6 nitrogen and oxygen atoms in total. The van der Waals surface area contributed by atoms with Crippen LogP contribution in [0.15, 0.2) is 36.9 Å². The first-order valence-electron chi connectivity index (χ1n) is 7.05. The van der Waals surface area contributed by atoms with E-state index >= 15 is 0 Å². The smallest absolute Gasteiger partial charge is 0.326 e. The first-order valence-corrected chi connectivity index (χ1v) is 7.05. The Labute approximate surface area is 128 Å². The van der Waals surface area contributed by atoms with E-state index in [0.717, 1.165) is 11.0 Å². The van der Waals surface area contributed by atoms with Gasteiger partial charge in [0.05, 0.1) is 23.7 Å². The minimum absolute atomic E-state index is 0.0536. The molecule has 1 N–H and O–H groups in total. The maximum Gasteiger partial charge on any atom is 0.326 e. The number of hydrogen-bond donors (Lipinski definition) is 1. The van der Waals surface area contributed by atoms with Crippen LogP contribution < -0.4 is 5.32 Å². The van der Waals surface area contributed by atoms with Gasteiger partial charge in [-0.3, -0.25) is 9.59 Å². The van der Waals surface area contributed by atoms with Crippen LogP contribution in [0.4, 0.5) is 0 Å². The SMILES string of the molecule is C=CC(=O)NCc1nc2ccccc2n1CC(=O)OC(C)C. The van der Waals surface area contributed by atoms with Crippen molar-refractivity contribution in [3.05, 3.63) is 42.7 Å². The standard InChI is InChI=1S/C16H19N3O3/c1-4-15(20)17-9-14-18-12-7-5-6-8-13(12)19(14)10-16(21)22-11(2)3/h4-8,11H,1,9-10H2,2-3H3,(H,17,20). The number of benzene rings is 1. The van der Waals surface area contributed by atoms with Gasteiger partial charge >= 0.3 is 5.97 Å². The summed E-state index contributed by atoms with van der Waals surface area (Å²) in [4.78, 5) is 27.7. The number of hydrogen-bond acceptors (Lipinski definition) is 4. The molecule has 0 spiro atoms. The monoisotopic (exact) mass is 301 g/mol. The molecule has 1 aromatic heterocycles. The van der Waals surface area contributed by atoms with E-state index in [1.54, 1.807) is 18.4 Å². The summed E-state index contributed by atoms with van der Waals surface area (Å²) < 4.78 is 6.94. The quantitative estimate of drug-likeness (QED) is 0.652. The van der Waals surface area contributed by atoms with Crippen molar-refractivity contribution >= 4 is 22.9 Å². The summed E-state index contributed by atoms with van der Waals surface area (Å²) in [6, 6.07) is 7.49. The minimum Gasteiger partial charge on any atom is -0.462 e. The maximum atomic E-state index is 11.9. The lowest BCUT2D eigenvalue weighted by atomic mass is 10.3. The number of aromatic nitrogens is 2. The molecule has 0 aliphatic carbocycles. The van der Waals surface area contributed by atoms with Crippen molar-refractivity contribution in [2.75, 3.05) is 0 Å². The number of amides is 1. The van der Waals surface area contributed by atoms with Crippen molar-refractivity contribution < 1.29 is 14.3 Å². The van der Waals surface area contributed by atoms with Gasteiger partial charge in [-0.1, -0.05) is 18.7 Å². The molecule has 116 valence electrons. The molecule has 0 fully saturated rings. The fraction of sp³-hybridized carbons (Fsp3) is 0.312. The van der Waals surface area contributed by atoms with Gasteiger partial charge in [0.2, 0.25) is 5.91 Å². The van der Waals surface area contributed by atoms with Crippen LogP contribution >= 0.6 is 0 Å². The van der Waals surface area contributed by atoms with Crippen molar-refractivity contribution in [2.45, 2.75) is 33.0 Å². The number of nitrogens with zero attached hydrogens (tertiary/aromatic N) is 2. The highest BCUT2D eigenvalue weighted by Gasteiger charge is 2.15. The van der Waals surface area contributed by atoms with Crippen molar-refractivity contribution in [2.24, 2.45) is 0 Å². The number of rotatable bonds is 6. The Bertz CT molecular complexity index is 704. The molecule has 1 amide bonds. The molecule has 0 aliphatic heterocycles. The molecule has 0 saturated carbocycles. The van der Waals surface area contributed by atoms with Crippen LogP contribution in [-0.2, 0) is 27.4 Å². The summed E-state index contributed by atoms with van der Waals surface area (Å²) in [7, 11) is 0. The third kappa shape index (κ3) is 3.72. The van der Waals surface area contributed by atoms with E-state index < -0.39 is 0 Å². The second-order valence-corrected chi connectivity index (χ2v) is 5.06. The molecule has 0 atom stereocenters. The van der Waals surface area contributed by atoms with Crippen molar-refractivity contribution in [1.29, 1.82) is 0 Å². The van der Waals surface area contributed by atoms with Crippen LogP contribution in [0.2, 0.25) is 0 Å². The summed E-state index contributed by atoms with van der Waals surface area (Å²) in [5, 5.41) is 2.67. The van der Waals surface area contributed by atoms with Gasteiger partial charge in [-0.15, -0.1) is 0 Å². The Morgan fingerprint density at radius 3 is 2.82 bits per heavy atom. The molecule has 22 heavy (non-hydrogen) atoms. The largest absolute Gasteiger partial charge is 0.462 e. The molecule has 6 heteroatoms. The second kappa shape index (κ2) is 6.89. The predicted octanol–water partition coefficient (Wildman–Crippen LogP) is 1.79. The molecule has 2 aromatic rings. The van der Waals surface area contributed by atoms with Crippen molar-refractivity contribution in [1.82, 2.24) is 14.9 Å². The van der Waals surface area contributed by atoms with E-state index in [1.165, 1.54) is 6.08 Å². The highest BCUT2D eigenvalue weighted by atomic mass is 16.5. The predicted molar refractivity (Wildman–Crippen MR) is 83.0 cm³/mol. The van der Waals surface area contributed by atoms with Crippen LogP contribution in [0.25, 0.3) is 11.0 Å². The van der Waals surface area contributed by atoms with Crippen LogP contribution in [0.3, 0.4) is 0 Å². The second-order valence-electron chi connectivity index (χ2n) is 5.06. The van der Waals surface area contributed by atoms with E-state index in [0.29, 0.717) is 5.82 Å². The van der Waals surface area contributed by atoms with Gasteiger partial charge in [0, 0.05) is 0 Å². The molecular weight excluding hydrogens is 282 g/mol. The number of imidazole rings is 1. The molecule has 0 saturated heterocycles. The average molecular weight is 301 g/mol. The summed E-state index contributed by atoms with van der Waals surface area (Å²) in [6.07, 6.45) is 1.02. The number of carbonyl (C=O) groups is 2. The number of carbonyl (C=O) groups excluding carboxylic acids is 2. The van der Waals surface area contributed by atoms with Gasteiger partial charge in [0.25, 0.3) is 0 Å². The fourth-order valence-corrected chi connectivity index (χ4v) is 2.10. The highest BCUT2D eigenvalue weighted by Crippen LogP contribution is 2.16. The topological polar surface area (TPSA) is 73.2 Å². The number of fused-ring (bicyclic) bond motifs is 1. The molecule has 0 bridgehead atoms. The van der Waals surface area contributed by atoms with Gasteiger partial charge in [0.1, 0.15) is 12.4 Å². The Balaban J connectivity index is 2.29. The molecule has 0 unspecified atom stereocenters. The lowest BCUT2D eigenvalue weighted by Crippen LogP contribution is -2.24. The number of para-hydroxylation sites is 2. The van der Waals surface area contributed by atoms with E-state index in [-0.39, 0.29) is 31.1 Å². The molecule has 2 rings (SSSR count). The minimum atomic E-state index is -0.338. The molecule has 0 aliphatic rings. The summed E-state index contributed by atoms with van der Waals surface area (Å²) in [6.45, 7) is 7.28. The van der Waals surface area contributed by atoms with Gasteiger partial charge in [-0.25, -0.2) is 4.98 Å². The summed E-state index contributed by atoms with van der Waals surface area (Å²) in [5.41, 5.74) is 1.59. The average Bonchev–Trinajstić information content (AvgIpc) is 2.82. The molecule has 1 aromatic carbocycles. The highest BCUT2D eigenvalue weighted by molar-refractivity contribution is 5.86. The van der Waals surface area contributed by atoms with Crippen molar-refractivity contribution in [3.8, 4) is 0 Å². The fourth-order valence-electron chi connectivity index (χ4n) is 2.10. The maximum absolute atomic E-state index is 11.9. The van der Waals surface area contributed by atoms with Crippen molar-refractivity contribution in [3.63, 3.8) is 0 Å². The van der Waals surface area contributed by atoms with Crippen LogP contribution in [0.5, 0.6) is 0 Å². The molecule has 0 radical (unpaired) electrons. The van der Waals surface area contributed by atoms with E-state index in [1.807, 2.05) is 24.3 Å². The lowest BCUT2D eigenvalue weighted by molar-refractivity contribution is -0.148. The van der Waals surface area contributed by atoms with Gasteiger partial charge in [0.15, 0.2) is 0 Å². The summed E-state index contributed by atoms with van der Waals surface area (Å²) in [5.74, 6) is -0.0325. The zero-order valence-electron chi connectivity index (χ0n) is 12.7. The number of esters is 1. The normalized spacial score (nSPS) is 10.7. The summed E-state index contributed by atoms with van der Waals surface area (Å²) >= 11 is 0. The number of nitrogens with one attached hydrogen (secondary N) is 1. The van der Waals surface area contributed by atoms with E-state index in [2.05, 4.69) is 16.9 Å². The Hall–Kier alpha value is -2.63. The first kappa shape index (κ1) is 15.8. The lowest BCUT2D eigenvalue weighted by Gasteiger charge is -2.11. The van der Waals surface area contributed by atoms with Crippen LogP contribution in [-0.4, -0.2) is 27.5 Å². The van der Waals surface area contributed by atoms with Gasteiger partial charge < -0.3 is 14.6 Å². The Morgan fingerprint density at radius 2 is 2.14 bits per heavy atom. The molecule has 1 heterocycles. The van der Waals surface area contributed by atoms with Crippen LogP contribution in [0, 0.1) is 0 Å². The van der Waals surface area contributed by atoms with Gasteiger partial charge in [-0.05, 0) is 32.1 Å².